The van der Waals surface area contributed by atoms with Crippen molar-refractivity contribution in [3.8, 4) is 11.5 Å². The fourth-order valence-corrected chi connectivity index (χ4v) is 1.37. The number of rotatable bonds is 0. The summed E-state index contributed by atoms with van der Waals surface area (Å²) in [5.41, 5.74) is 2.33. The molecule has 6 heteroatoms. The first kappa shape index (κ1) is 11.0. The molecule has 0 bridgehead atoms. The number of hydroxylamine groups is 1. The van der Waals surface area contributed by atoms with E-state index in [2.05, 4.69) is 9.76 Å². The van der Waals surface area contributed by atoms with Crippen molar-refractivity contribution in [2.75, 3.05) is 6.73 Å². The molecular weight excluding hydrogens is 206 g/mol. The molecule has 1 aliphatic heterocycles. The molecule has 0 aromatic heterocycles. The van der Waals surface area contributed by atoms with E-state index >= 15 is 0 Å². The van der Waals surface area contributed by atoms with Crippen LogP contribution in [0.15, 0.2) is 24.3 Å². The Hall–Kier alpha value is -1.11. The van der Waals surface area contributed by atoms with Crippen LogP contribution in [0.25, 0.3) is 0 Å². The smallest absolute Gasteiger partial charge is 0.378 e. The first-order valence-electron chi connectivity index (χ1n) is 3.58. The Labute approximate surface area is 84.8 Å². The number of para-hydroxylation sites is 2. The zero-order valence-electron chi connectivity index (χ0n) is 6.56. The quantitative estimate of drug-likeness (QED) is 0.706. The number of hydrogen-bond acceptors (Lipinski definition) is 5. The maximum atomic E-state index is 10.9. The van der Waals surface area contributed by atoms with E-state index in [0.717, 1.165) is 0 Å². The average molecular weight is 217 g/mol. The summed E-state index contributed by atoms with van der Waals surface area (Å²) in [6.07, 6.45) is 0. The Morgan fingerprint density at radius 1 is 1.29 bits per heavy atom. The number of nitrogens with one attached hydrogen (secondary N) is 1. The van der Waals surface area contributed by atoms with Gasteiger partial charge in [0, 0.05) is 0 Å². The monoisotopic (exact) mass is 217 g/mol. The summed E-state index contributed by atoms with van der Waals surface area (Å²) in [4.78, 5) is 0. The number of hydrogen-bond donors (Lipinski definition) is 1. The Kier molecular flexibility index (Phi) is 3.87. The molecule has 1 unspecified atom stereocenters. The van der Waals surface area contributed by atoms with Gasteiger partial charge in [-0.1, -0.05) is 19.6 Å². The van der Waals surface area contributed by atoms with Gasteiger partial charge in [-0.2, -0.15) is 8.49 Å². The first-order valence-corrected chi connectivity index (χ1v) is 4.58. The van der Waals surface area contributed by atoms with Crippen molar-refractivity contribution in [2.24, 2.45) is 0 Å². The predicted molar refractivity (Wildman–Crippen MR) is 51.7 cm³/mol. The van der Waals surface area contributed by atoms with Crippen LogP contribution in [-0.2, 0) is 15.6 Å². The highest BCUT2D eigenvalue weighted by atomic mass is 32.2. The first-order chi connectivity index (χ1) is 6.36. The van der Waals surface area contributed by atoms with Crippen molar-refractivity contribution < 1.29 is 17.4 Å². The van der Waals surface area contributed by atoms with Crippen LogP contribution in [0, 0.1) is 0 Å². The van der Waals surface area contributed by atoms with Gasteiger partial charge in [-0.05, 0) is 12.1 Å². The van der Waals surface area contributed by atoms with Crippen LogP contribution in [-0.4, -0.2) is 10.9 Å². The molecule has 1 N–H and O–H groups in total. The van der Waals surface area contributed by atoms with Gasteiger partial charge >= 0.3 is 11.4 Å². The molecule has 0 aliphatic carbocycles. The zero-order valence-corrected chi connectivity index (χ0v) is 7.37. The Balaban J connectivity index is 0.000000980. The number of benzene rings is 1. The summed E-state index contributed by atoms with van der Waals surface area (Å²) in [6.45, 7) is 0.131. The van der Waals surface area contributed by atoms with Gasteiger partial charge in [0.15, 0.2) is 18.2 Å². The van der Waals surface area contributed by atoms with Crippen molar-refractivity contribution >= 4 is 11.4 Å². The molecule has 1 aliphatic rings. The molecule has 0 radical (unpaired) electrons. The molecule has 1 aromatic rings. The zero-order chi connectivity index (χ0) is 9.10. The average Bonchev–Trinajstić information content (AvgIpc) is 2.11. The third kappa shape index (κ3) is 2.44. The maximum absolute atomic E-state index is 10.9. The molecular formula is C8H11NO4S. The van der Waals surface area contributed by atoms with Gasteiger partial charge in [-0.15, -0.1) is 5.48 Å². The van der Waals surface area contributed by atoms with E-state index in [1.807, 2.05) is 0 Å². The minimum atomic E-state index is -1.82. The van der Waals surface area contributed by atoms with Gasteiger partial charge in [-0.25, -0.2) is 0 Å². The molecule has 1 heterocycles. The fraction of sp³-hybridized carbons (Fsp3) is 0.250. The molecule has 14 heavy (non-hydrogen) atoms. The summed E-state index contributed by atoms with van der Waals surface area (Å²) < 4.78 is 25.5. The highest BCUT2D eigenvalue weighted by Crippen LogP contribution is 2.27. The third-order valence-electron chi connectivity index (χ3n) is 1.42. The molecule has 2 rings (SSSR count). The van der Waals surface area contributed by atoms with Crippen LogP contribution < -0.4 is 14.4 Å². The Bertz CT molecular complexity index is 331. The van der Waals surface area contributed by atoms with Crippen LogP contribution in [0.5, 0.6) is 11.5 Å². The van der Waals surface area contributed by atoms with Gasteiger partial charge in [0.25, 0.3) is 0 Å². The molecule has 0 amide bonds. The van der Waals surface area contributed by atoms with E-state index < -0.39 is 11.4 Å². The topological polar surface area (TPSA) is 56.8 Å². The van der Waals surface area contributed by atoms with E-state index in [9.17, 15) is 4.21 Å². The number of ether oxygens (including phenoxy) is 1. The van der Waals surface area contributed by atoms with Crippen LogP contribution in [0.1, 0.15) is 7.43 Å². The lowest BCUT2D eigenvalue weighted by Gasteiger charge is -2.14. The minimum Gasteiger partial charge on any atom is -0.472 e. The van der Waals surface area contributed by atoms with Crippen molar-refractivity contribution in [3.63, 3.8) is 0 Å². The van der Waals surface area contributed by atoms with Gasteiger partial charge < -0.3 is 8.92 Å². The summed E-state index contributed by atoms with van der Waals surface area (Å²) in [5.74, 6) is 0.939. The third-order valence-corrected chi connectivity index (χ3v) is 1.99. The maximum Gasteiger partial charge on any atom is 0.378 e. The molecule has 0 spiro atoms. The molecule has 0 fully saturated rings. The van der Waals surface area contributed by atoms with Crippen molar-refractivity contribution in [1.29, 1.82) is 0 Å². The molecule has 5 nitrogen and oxygen atoms in total. The molecule has 0 saturated heterocycles. The predicted octanol–water partition coefficient (Wildman–Crippen LogP) is 1.15. The van der Waals surface area contributed by atoms with Crippen LogP contribution in [0.2, 0.25) is 0 Å². The highest BCUT2D eigenvalue weighted by molar-refractivity contribution is 7.75. The lowest BCUT2D eigenvalue weighted by atomic mass is 10.3. The van der Waals surface area contributed by atoms with Gasteiger partial charge in [0.1, 0.15) is 0 Å². The van der Waals surface area contributed by atoms with E-state index in [1.54, 1.807) is 24.3 Å². The Morgan fingerprint density at radius 3 is 2.79 bits per heavy atom. The lowest BCUT2D eigenvalue weighted by Crippen LogP contribution is -2.26. The minimum absolute atomic E-state index is 0. The molecule has 78 valence electrons. The molecule has 1 atom stereocenters. The normalized spacial score (nSPS) is 20.1. The van der Waals surface area contributed by atoms with Crippen LogP contribution in [0.4, 0.5) is 0 Å². The fourth-order valence-electron chi connectivity index (χ4n) is 0.908. The Morgan fingerprint density at radius 2 is 2.00 bits per heavy atom. The molecule has 1 aromatic carbocycles. The summed E-state index contributed by atoms with van der Waals surface area (Å²) >= 11 is -1.82. The van der Waals surface area contributed by atoms with Crippen molar-refractivity contribution in [1.82, 2.24) is 5.48 Å². The van der Waals surface area contributed by atoms with Crippen LogP contribution >= 0.6 is 0 Å². The highest BCUT2D eigenvalue weighted by Gasteiger charge is 2.12. The second-order valence-corrected chi connectivity index (χ2v) is 2.99. The van der Waals surface area contributed by atoms with E-state index in [-0.39, 0.29) is 14.2 Å². The van der Waals surface area contributed by atoms with E-state index in [1.165, 1.54) is 0 Å². The van der Waals surface area contributed by atoms with Crippen LogP contribution in [0.3, 0.4) is 0 Å². The SMILES string of the molecule is C.O=S1ONCOc2ccccc2O1. The summed E-state index contributed by atoms with van der Waals surface area (Å²) in [5, 5.41) is 0. The van der Waals surface area contributed by atoms with Crippen molar-refractivity contribution in [3.05, 3.63) is 24.3 Å². The van der Waals surface area contributed by atoms with Crippen molar-refractivity contribution in [2.45, 2.75) is 7.43 Å². The number of fused-ring (bicyclic) bond motifs is 1. The largest absolute Gasteiger partial charge is 0.472 e. The summed E-state index contributed by atoms with van der Waals surface area (Å²) in [6, 6.07) is 6.93. The van der Waals surface area contributed by atoms with E-state index in [0.29, 0.717) is 11.5 Å². The summed E-state index contributed by atoms with van der Waals surface area (Å²) in [7, 11) is 0. The molecule has 0 saturated carbocycles. The van der Waals surface area contributed by atoms with Gasteiger partial charge in [-0.3, -0.25) is 0 Å². The van der Waals surface area contributed by atoms with Gasteiger partial charge in [0.05, 0.1) is 0 Å². The standard InChI is InChI=1S/C7H7NO4S.CH4/c9-13-11-7-4-2-1-3-6(7)10-5-8-12-13;/h1-4,8H,5H2;1H4. The van der Waals surface area contributed by atoms with Gasteiger partial charge in [0.2, 0.25) is 0 Å². The second-order valence-electron chi connectivity index (χ2n) is 2.25. The lowest BCUT2D eigenvalue weighted by molar-refractivity contribution is 0.109. The van der Waals surface area contributed by atoms with E-state index in [4.69, 9.17) is 8.92 Å². The second kappa shape index (κ2) is 4.94.